The molecule has 266 valence electrons. The zero-order valence-electron chi connectivity index (χ0n) is 28.7. The third kappa shape index (κ3) is 8.99. The number of ether oxygens (including phenoxy) is 1. The first kappa shape index (κ1) is 36.8. The lowest BCUT2D eigenvalue weighted by molar-refractivity contribution is -0.134. The molecule has 4 aromatic carbocycles. The van der Waals surface area contributed by atoms with Crippen molar-refractivity contribution in [1.29, 1.82) is 0 Å². The van der Waals surface area contributed by atoms with Gasteiger partial charge in [0.25, 0.3) is 11.8 Å². The molecule has 2 fully saturated rings. The zero-order chi connectivity index (χ0) is 36.3. The van der Waals surface area contributed by atoms with Crippen molar-refractivity contribution >= 4 is 23.6 Å². The monoisotopic (exact) mass is 692 g/mol. The number of hydroxylamine groups is 2. The highest BCUT2D eigenvalue weighted by Crippen LogP contribution is 2.31. The van der Waals surface area contributed by atoms with Gasteiger partial charge in [-0.15, -0.1) is 0 Å². The van der Waals surface area contributed by atoms with Crippen LogP contribution in [0.1, 0.15) is 64.8 Å². The standard InChI is InChI=1S/C20H22N2O4.C20H22N2O3/c1-26-18-8-3-2-5-15(18)13-9-11-14(12-10-13)19(23)21-17-7-4-6-16(17)20(24)22-25;1-13-5-2-3-6-16(13)14-9-11-15(12-10-14)19(23)21-18-8-4-7-17(18)20(24)22-25/h2-3,5,8-12,16-17,25H,4,6-7H2,1H3,(H,21,23)(H,22,24);2-3,5-6,9-12,17-18,25H,4,7-8H2,1H3,(H,21,23)(H,22,24)/t16-,17+;17-,18+/m00/s1. The Morgan fingerprint density at radius 3 is 1.47 bits per heavy atom. The fourth-order valence-electron chi connectivity index (χ4n) is 6.94. The predicted molar refractivity (Wildman–Crippen MR) is 192 cm³/mol. The highest BCUT2D eigenvalue weighted by molar-refractivity contribution is 5.96. The number of rotatable bonds is 9. The van der Waals surface area contributed by atoms with Crippen molar-refractivity contribution in [3.05, 3.63) is 114 Å². The minimum atomic E-state index is -0.445. The van der Waals surface area contributed by atoms with Crippen molar-refractivity contribution in [2.24, 2.45) is 11.8 Å². The summed E-state index contributed by atoms with van der Waals surface area (Å²) >= 11 is 0. The van der Waals surface area contributed by atoms with Gasteiger partial charge in [0, 0.05) is 28.8 Å². The number of carbonyl (C=O) groups is 4. The van der Waals surface area contributed by atoms with Crippen LogP contribution in [0.5, 0.6) is 5.75 Å². The molecule has 4 amide bonds. The van der Waals surface area contributed by atoms with Crippen LogP contribution >= 0.6 is 0 Å². The largest absolute Gasteiger partial charge is 0.496 e. The second-order valence-electron chi connectivity index (χ2n) is 12.9. The summed E-state index contributed by atoms with van der Waals surface area (Å²) in [6.07, 6.45) is 4.49. The third-order valence-electron chi connectivity index (χ3n) is 9.73. The van der Waals surface area contributed by atoms with Crippen LogP contribution in [-0.4, -0.2) is 53.2 Å². The smallest absolute Gasteiger partial charge is 0.251 e. The summed E-state index contributed by atoms with van der Waals surface area (Å²) in [7, 11) is 1.63. The van der Waals surface area contributed by atoms with Crippen molar-refractivity contribution in [2.75, 3.05) is 7.11 Å². The minimum Gasteiger partial charge on any atom is -0.496 e. The van der Waals surface area contributed by atoms with Crippen molar-refractivity contribution < 1.29 is 34.3 Å². The first-order valence-corrected chi connectivity index (χ1v) is 17.1. The molecule has 0 heterocycles. The molecule has 6 rings (SSSR count). The summed E-state index contributed by atoms with van der Waals surface area (Å²) in [4.78, 5) is 48.3. The number of hydrogen-bond donors (Lipinski definition) is 6. The summed E-state index contributed by atoms with van der Waals surface area (Å²) < 4.78 is 5.37. The lowest BCUT2D eigenvalue weighted by Crippen LogP contribution is -2.43. The van der Waals surface area contributed by atoms with Gasteiger partial charge in [0.15, 0.2) is 0 Å². The molecule has 6 N–H and O–H groups in total. The van der Waals surface area contributed by atoms with Crippen LogP contribution in [-0.2, 0) is 9.59 Å². The number of carbonyl (C=O) groups excluding carboxylic acids is 4. The molecular formula is C40H44N4O7. The van der Waals surface area contributed by atoms with Gasteiger partial charge in [0.05, 0.1) is 18.9 Å². The summed E-state index contributed by atoms with van der Waals surface area (Å²) in [5.41, 5.74) is 9.77. The van der Waals surface area contributed by atoms with E-state index in [1.54, 1.807) is 42.3 Å². The molecule has 11 heteroatoms. The minimum absolute atomic E-state index is 0.195. The Labute approximate surface area is 297 Å². The van der Waals surface area contributed by atoms with Gasteiger partial charge < -0.3 is 15.4 Å². The average molecular weight is 693 g/mol. The highest BCUT2D eigenvalue weighted by Gasteiger charge is 2.35. The zero-order valence-corrected chi connectivity index (χ0v) is 28.7. The van der Waals surface area contributed by atoms with E-state index in [0.29, 0.717) is 24.0 Å². The molecule has 0 aliphatic heterocycles. The Bertz CT molecular complexity index is 1830. The van der Waals surface area contributed by atoms with Gasteiger partial charge in [-0.1, -0.05) is 79.6 Å². The van der Waals surface area contributed by atoms with Crippen molar-refractivity contribution in [2.45, 2.75) is 57.5 Å². The van der Waals surface area contributed by atoms with Crippen LogP contribution in [0.3, 0.4) is 0 Å². The summed E-state index contributed by atoms with van der Waals surface area (Å²) in [5, 5.41) is 23.5. The lowest BCUT2D eigenvalue weighted by Gasteiger charge is -2.19. The van der Waals surface area contributed by atoms with Gasteiger partial charge in [-0.05, 0) is 85.2 Å². The fraction of sp³-hybridized carbons (Fsp3) is 0.300. The molecule has 0 spiro atoms. The van der Waals surface area contributed by atoms with E-state index in [9.17, 15) is 19.2 Å². The number of methoxy groups -OCH3 is 1. The molecule has 0 bridgehead atoms. The first-order chi connectivity index (χ1) is 24.7. The highest BCUT2D eigenvalue weighted by atomic mass is 16.5. The molecule has 2 aliphatic rings. The summed E-state index contributed by atoms with van der Waals surface area (Å²) in [5.74, 6) is -1.29. The van der Waals surface area contributed by atoms with Crippen molar-refractivity contribution in [3.63, 3.8) is 0 Å². The molecular weight excluding hydrogens is 648 g/mol. The van der Waals surface area contributed by atoms with E-state index in [4.69, 9.17) is 15.2 Å². The Morgan fingerprint density at radius 2 is 1.02 bits per heavy atom. The van der Waals surface area contributed by atoms with Crippen LogP contribution < -0.4 is 26.3 Å². The van der Waals surface area contributed by atoms with Crippen molar-refractivity contribution in [1.82, 2.24) is 21.6 Å². The second-order valence-corrected chi connectivity index (χ2v) is 12.9. The Hall–Kier alpha value is -5.52. The molecule has 51 heavy (non-hydrogen) atoms. The van der Waals surface area contributed by atoms with E-state index in [1.165, 1.54) is 5.56 Å². The lowest BCUT2D eigenvalue weighted by atomic mass is 9.99. The van der Waals surface area contributed by atoms with Crippen LogP contribution in [0.15, 0.2) is 97.1 Å². The number of amides is 4. The molecule has 0 saturated heterocycles. The molecule has 0 unspecified atom stereocenters. The number of hydrogen-bond acceptors (Lipinski definition) is 7. The van der Waals surface area contributed by atoms with Gasteiger partial charge in [-0.25, -0.2) is 11.0 Å². The van der Waals surface area contributed by atoms with Crippen molar-refractivity contribution in [3.8, 4) is 28.0 Å². The second kappa shape index (κ2) is 17.4. The number of para-hydroxylation sites is 1. The van der Waals surface area contributed by atoms with E-state index in [0.717, 1.165) is 53.7 Å². The molecule has 0 radical (unpaired) electrons. The number of aryl methyl sites for hydroxylation is 1. The summed E-state index contributed by atoms with van der Waals surface area (Å²) in [6.45, 7) is 2.06. The third-order valence-corrected chi connectivity index (χ3v) is 9.73. The molecule has 2 aliphatic carbocycles. The van der Waals surface area contributed by atoms with E-state index >= 15 is 0 Å². The van der Waals surface area contributed by atoms with Crippen LogP contribution in [0.4, 0.5) is 0 Å². The van der Waals surface area contributed by atoms with Gasteiger partial charge in [0.2, 0.25) is 11.8 Å². The van der Waals surface area contributed by atoms with Crippen LogP contribution in [0.2, 0.25) is 0 Å². The summed E-state index contributed by atoms with van der Waals surface area (Å²) in [6, 6.07) is 30.0. The normalized spacial score (nSPS) is 19.2. The molecule has 4 aromatic rings. The Morgan fingerprint density at radius 1 is 0.588 bits per heavy atom. The van der Waals surface area contributed by atoms with Gasteiger partial charge in [-0.2, -0.15) is 0 Å². The van der Waals surface area contributed by atoms with E-state index < -0.39 is 17.7 Å². The molecule has 2 saturated carbocycles. The van der Waals surface area contributed by atoms with E-state index in [1.807, 2.05) is 60.7 Å². The maximum absolute atomic E-state index is 12.5. The predicted octanol–water partition coefficient (Wildman–Crippen LogP) is 5.83. The maximum atomic E-state index is 12.5. The van der Waals surface area contributed by atoms with Gasteiger partial charge >= 0.3 is 0 Å². The van der Waals surface area contributed by atoms with Gasteiger partial charge in [0.1, 0.15) is 5.75 Å². The van der Waals surface area contributed by atoms with Crippen LogP contribution in [0, 0.1) is 18.8 Å². The van der Waals surface area contributed by atoms with Gasteiger partial charge in [-0.3, -0.25) is 29.6 Å². The fourth-order valence-corrected chi connectivity index (χ4v) is 6.94. The molecule has 4 atom stereocenters. The van der Waals surface area contributed by atoms with E-state index in [2.05, 4.69) is 29.7 Å². The maximum Gasteiger partial charge on any atom is 0.251 e. The first-order valence-electron chi connectivity index (χ1n) is 17.1. The SMILES string of the molecule is COc1ccccc1-c1ccc(C(=O)N[C@@H]2CCC[C@@H]2C(=O)NO)cc1.Cc1ccccc1-c1ccc(C(=O)N[C@@H]2CCC[C@@H]2C(=O)NO)cc1. The Kier molecular flexibility index (Phi) is 12.6. The molecule has 11 nitrogen and oxygen atoms in total. The Balaban J connectivity index is 0.000000198. The van der Waals surface area contributed by atoms with E-state index in [-0.39, 0.29) is 29.8 Å². The topological polar surface area (TPSA) is 166 Å². The molecule has 0 aromatic heterocycles. The quantitative estimate of drug-likeness (QED) is 0.0948. The average Bonchev–Trinajstić information content (AvgIpc) is 3.84. The number of nitrogens with one attached hydrogen (secondary N) is 4. The van der Waals surface area contributed by atoms with Crippen LogP contribution in [0.25, 0.3) is 22.3 Å². The number of benzene rings is 4.